The Hall–Kier alpha value is -1.60. The molecule has 1 N–H and O–H groups in total. The molecule has 2 amide bonds. The van der Waals surface area contributed by atoms with Crippen LogP contribution in [0.5, 0.6) is 0 Å². The van der Waals surface area contributed by atoms with E-state index in [4.69, 9.17) is 4.74 Å². The molecule has 0 aromatic carbocycles. The van der Waals surface area contributed by atoms with E-state index >= 15 is 0 Å². The maximum absolute atomic E-state index is 12.0. The molecule has 0 bridgehead atoms. The molecule has 2 atom stereocenters. The number of nitrogens with one attached hydrogen (secondary N) is 1. The van der Waals surface area contributed by atoms with Crippen molar-refractivity contribution < 1.29 is 9.53 Å². The number of rotatable bonds is 3. The van der Waals surface area contributed by atoms with E-state index in [1.807, 2.05) is 43.1 Å². The minimum atomic E-state index is 0.0777. The number of likely N-dealkylation sites (tertiary alicyclic amines) is 1. The number of aryl methyl sites for hydroxylation is 1. The van der Waals surface area contributed by atoms with Crippen LogP contribution in [0.25, 0.3) is 0 Å². The van der Waals surface area contributed by atoms with Crippen LogP contribution in [0.3, 0.4) is 0 Å². The summed E-state index contributed by atoms with van der Waals surface area (Å²) in [5.41, 5.74) is 1.15. The summed E-state index contributed by atoms with van der Waals surface area (Å²) in [5, 5.41) is 8.07. The zero-order valence-corrected chi connectivity index (χ0v) is 14.9. The first-order chi connectivity index (χ1) is 11.5. The number of piperidine rings is 1. The highest BCUT2D eigenvalue weighted by Gasteiger charge is 2.32. The van der Waals surface area contributed by atoms with Gasteiger partial charge in [0.15, 0.2) is 0 Å². The van der Waals surface area contributed by atoms with E-state index in [1.54, 1.807) is 4.90 Å². The van der Waals surface area contributed by atoms with Gasteiger partial charge >= 0.3 is 6.03 Å². The summed E-state index contributed by atoms with van der Waals surface area (Å²) in [6.07, 6.45) is 8.23. The minimum absolute atomic E-state index is 0.0777. The molecular weight excluding hydrogens is 306 g/mol. The van der Waals surface area contributed by atoms with Crippen LogP contribution in [0, 0.1) is 0 Å². The minimum Gasteiger partial charge on any atom is -0.372 e. The molecule has 0 radical (unpaired) electrons. The average Bonchev–Trinajstić information content (AvgIpc) is 3.01. The number of hydrogen-bond donors (Lipinski definition) is 1. The number of aromatic nitrogens is 2. The lowest BCUT2D eigenvalue weighted by atomic mass is 9.95. The molecule has 1 aromatic heterocycles. The van der Waals surface area contributed by atoms with Crippen LogP contribution in [-0.4, -0.2) is 71.5 Å². The van der Waals surface area contributed by atoms with Crippen molar-refractivity contribution in [2.75, 3.05) is 33.8 Å². The van der Waals surface area contributed by atoms with Gasteiger partial charge in [-0.25, -0.2) is 4.79 Å². The van der Waals surface area contributed by atoms with Crippen LogP contribution in [0.4, 0.5) is 4.79 Å². The maximum atomic E-state index is 12.0. The summed E-state index contributed by atoms with van der Waals surface area (Å²) in [5.74, 6) is 0. The fourth-order valence-corrected chi connectivity index (χ4v) is 3.69. The van der Waals surface area contributed by atoms with Gasteiger partial charge in [-0.15, -0.1) is 0 Å². The third kappa shape index (κ3) is 3.89. The van der Waals surface area contributed by atoms with Gasteiger partial charge in [-0.2, -0.15) is 5.10 Å². The lowest BCUT2D eigenvalue weighted by molar-refractivity contribution is -0.0159. The molecular formula is C17H29N5O2. The number of hydrogen-bond acceptors (Lipinski definition) is 4. The van der Waals surface area contributed by atoms with Gasteiger partial charge in [0.1, 0.15) is 6.10 Å². The topological polar surface area (TPSA) is 62.6 Å². The van der Waals surface area contributed by atoms with E-state index in [-0.39, 0.29) is 12.1 Å². The predicted octanol–water partition coefficient (Wildman–Crippen LogP) is 1.38. The van der Waals surface area contributed by atoms with Gasteiger partial charge < -0.3 is 19.9 Å². The Balaban J connectivity index is 1.56. The Kier molecular flexibility index (Phi) is 5.40. The third-order valence-corrected chi connectivity index (χ3v) is 4.97. The molecule has 0 spiro atoms. The Morgan fingerprint density at radius 3 is 2.71 bits per heavy atom. The van der Waals surface area contributed by atoms with Gasteiger partial charge in [-0.05, 0) is 25.7 Å². The lowest BCUT2D eigenvalue weighted by Crippen LogP contribution is -2.51. The number of carbonyl (C=O) groups excluding carboxylic acids is 1. The van der Waals surface area contributed by atoms with Crippen LogP contribution in [-0.2, 0) is 11.8 Å². The van der Waals surface area contributed by atoms with Crippen molar-refractivity contribution in [2.24, 2.45) is 7.05 Å². The number of nitrogens with zero attached hydrogens (tertiary/aromatic N) is 4. The molecule has 0 aliphatic carbocycles. The summed E-state index contributed by atoms with van der Waals surface area (Å²) in [6.45, 7) is 2.45. The molecule has 2 fully saturated rings. The van der Waals surface area contributed by atoms with Crippen molar-refractivity contribution in [3.63, 3.8) is 0 Å². The van der Waals surface area contributed by atoms with Crippen LogP contribution in [0.2, 0.25) is 0 Å². The zero-order chi connectivity index (χ0) is 17.1. The average molecular weight is 335 g/mol. The lowest BCUT2D eigenvalue weighted by Gasteiger charge is -2.39. The second kappa shape index (κ2) is 7.53. The van der Waals surface area contributed by atoms with Crippen LogP contribution >= 0.6 is 0 Å². The summed E-state index contributed by atoms with van der Waals surface area (Å²) in [7, 11) is 5.56. The number of carbonyl (C=O) groups is 1. The van der Waals surface area contributed by atoms with Gasteiger partial charge in [0, 0.05) is 64.7 Å². The molecule has 134 valence electrons. The quantitative estimate of drug-likeness (QED) is 0.906. The summed E-state index contributed by atoms with van der Waals surface area (Å²) >= 11 is 0. The molecule has 3 heterocycles. The summed E-state index contributed by atoms with van der Waals surface area (Å²) in [4.78, 5) is 15.6. The molecule has 2 aliphatic heterocycles. The monoisotopic (exact) mass is 335 g/mol. The summed E-state index contributed by atoms with van der Waals surface area (Å²) in [6, 6.07) is 0.883. The van der Waals surface area contributed by atoms with E-state index in [9.17, 15) is 4.79 Å². The fourth-order valence-electron chi connectivity index (χ4n) is 3.69. The van der Waals surface area contributed by atoms with Gasteiger partial charge in [0.25, 0.3) is 0 Å². The van der Waals surface area contributed by atoms with Crippen LogP contribution < -0.4 is 5.32 Å². The molecule has 7 heteroatoms. The van der Waals surface area contributed by atoms with Crippen molar-refractivity contribution in [1.29, 1.82) is 0 Å². The standard InChI is InChI=1S/C17H29N5O2/c1-20(2)17(23)22-8-6-14(7-9-22)19-15-5-4-10-24-16(15)13-11-18-21(3)12-13/h11-12,14-16,19H,4-10H2,1-3H3/t15-,16+/m0/s1. The first kappa shape index (κ1) is 17.2. The number of amides is 2. The van der Waals surface area contributed by atoms with E-state index in [0.717, 1.165) is 50.9 Å². The molecule has 0 unspecified atom stereocenters. The fraction of sp³-hybridized carbons (Fsp3) is 0.765. The Morgan fingerprint density at radius 1 is 1.33 bits per heavy atom. The van der Waals surface area contributed by atoms with E-state index in [0.29, 0.717) is 12.1 Å². The van der Waals surface area contributed by atoms with Crippen molar-refractivity contribution in [2.45, 2.75) is 43.9 Å². The van der Waals surface area contributed by atoms with Gasteiger partial charge in [-0.3, -0.25) is 4.68 Å². The number of ether oxygens (including phenoxy) is 1. The summed E-state index contributed by atoms with van der Waals surface area (Å²) < 4.78 is 7.86. The first-order valence-corrected chi connectivity index (χ1v) is 8.87. The molecule has 1 aromatic rings. The van der Waals surface area contributed by atoms with E-state index in [1.165, 1.54) is 0 Å². The smallest absolute Gasteiger partial charge is 0.319 e. The maximum Gasteiger partial charge on any atom is 0.319 e. The highest BCUT2D eigenvalue weighted by Crippen LogP contribution is 2.29. The van der Waals surface area contributed by atoms with E-state index in [2.05, 4.69) is 10.4 Å². The highest BCUT2D eigenvalue weighted by atomic mass is 16.5. The second-order valence-electron chi connectivity index (χ2n) is 7.09. The van der Waals surface area contributed by atoms with Crippen molar-refractivity contribution >= 4 is 6.03 Å². The van der Waals surface area contributed by atoms with Crippen LogP contribution in [0.15, 0.2) is 12.4 Å². The second-order valence-corrected chi connectivity index (χ2v) is 7.09. The Morgan fingerprint density at radius 2 is 2.08 bits per heavy atom. The van der Waals surface area contributed by atoms with Gasteiger partial charge in [-0.1, -0.05) is 0 Å². The van der Waals surface area contributed by atoms with Gasteiger partial charge in [0.2, 0.25) is 0 Å². The number of urea groups is 1. The first-order valence-electron chi connectivity index (χ1n) is 8.87. The molecule has 0 saturated carbocycles. The largest absolute Gasteiger partial charge is 0.372 e. The Labute approximate surface area is 143 Å². The predicted molar refractivity (Wildman–Crippen MR) is 91.7 cm³/mol. The molecule has 2 aliphatic rings. The highest BCUT2D eigenvalue weighted by molar-refractivity contribution is 5.73. The van der Waals surface area contributed by atoms with Crippen molar-refractivity contribution in [1.82, 2.24) is 24.9 Å². The normalized spacial score (nSPS) is 25.7. The van der Waals surface area contributed by atoms with Crippen LogP contribution in [0.1, 0.15) is 37.4 Å². The SMILES string of the molecule is CN(C)C(=O)N1CCC(N[C@H]2CCCO[C@@H]2c2cnn(C)c2)CC1. The third-order valence-electron chi connectivity index (χ3n) is 4.97. The zero-order valence-electron chi connectivity index (χ0n) is 14.9. The molecule has 3 rings (SSSR count). The van der Waals surface area contributed by atoms with E-state index < -0.39 is 0 Å². The molecule has 7 nitrogen and oxygen atoms in total. The molecule has 2 saturated heterocycles. The Bertz CT molecular complexity index is 551. The van der Waals surface area contributed by atoms with Gasteiger partial charge in [0.05, 0.1) is 6.20 Å². The molecule has 24 heavy (non-hydrogen) atoms. The van der Waals surface area contributed by atoms with Crippen molar-refractivity contribution in [3.05, 3.63) is 18.0 Å². The van der Waals surface area contributed by atoms with Crippen molar-refractivity contribution in [3.8, 4) is 0 Å².